The quantitative estimate of drug-likeness (QED) is 0.732. The molecular formula is C17H25N3O5S2. The molecule has 0 aromatic carbocycles. The van der Waals surface area contributed by atoms with Crippen molar-refractivity contribution in [2.75, 3.05) is 31.3 Å². The third-order valence-electron chi connectivity index (χ3n) is 4.96. The van der Waals surface area contributed by atoms with Crippen LogP contribution in [0.5, 0.6) is 0 Å². The summed E-state index contributed by atoms with van der Waals surface area (Å²) in [6, 6.07) is -0.696. The van der Waals surface area contributed by atoms with Gasteiger partial charge in [-0.1, -0.05) is 0 Å². The van der Waals surface area contributed by atoms with Gasteiger partial charge in [0.1, 0.15) is 16.6 Å². The second-order valence-electron chi connectivity index (χ2n) is 6.74. The van der Waals surface area contributed by atoms with Gasteiger partial charge in [0.05, 0.1) is 12.5 Å². The van der Waals surface area contributed by atoms with Crippen molar-refractivity contribution in [3.8, 4) is 0 Å². The van der Waals surface area contributed by atoms with E-state index >= 15 is 0 Å². The molecule has 0 radical (unpaired) electrons. The van der Waals surface area contributed by atoms with Gasteiger partial charge in [-0.2, -0.15) is 4.31 Å². The highest BCUT2D eigenvalue weighted by atomic mass is 32.2. The van der Waals surface area contributed by atoms with Gasteiger partial charge in [-0.25, -0.2) is 13.2 Å². The average Bonchev–Trinajstić information content (AvgIpc) is 3.34. The van der Waals surface area contributed by atoms with Crippen LogP contribution in [0, 0.1) is 13.8 Å². The summed E-state index contributed by atoms with van der Waals surface area (Å²) in [5.41, 5.74) is 0.845. The Morgan fingerprint density at radius 2 is 1.93 bits per heavy atom. The van der Waals surface area contributed by atoms with Gasteiger partial charge in [-0.05, 0) is 33.6 Å². The van der Waals surface area contributed by atoms with Crippen LogP contribution in [-0.4, -0.2) is 71.9 Å². The second-order valence-corrected chi connectivity index (χ2v) is 9.57. The fourth-order valence-electron chi connectivity index (χ4n) is 3.65. The van der Waals surface area contributed by atoms with E-state index in [0.29, 0.717) is 30.1 Å². The first kappa shape index (κ1) is 20.2. The maximum absolute atomic E-state index is 13.4. The molecular weight excluding hydrogens is 390 g/mol. The van der Waals surface area contributed by atoms with E-state index in [0.717, 1.165) is 12.8 Å². The first-order valence-electron chi connectivity index (χ1n) is 9.03. The number of thioether (sulfide) groups is 1. The molecule has 1 N–H and O–H groups in total. The molecule has 1 amide bonds. The molecule has 3 heterocycles. The monoisotopic (exact) mass is 415 g/mol. The number of nitrogens with zero attached hydrogens (tertiary/aromatic N) is 2. The SMILES string of the molecule is CCOC(=O)c1[nH]c(C)c(S(=O)(=O)N2CSCC2C(=O)N2CCCC2)c1C. The highest BCUT2D eigenvalue weighted by Crippen LogP contribution is 2.33. The topological polar surface area (TPSA) is 99.8 Å². The molecule has 2 aliphatic heterocycles. The Morgan fingerprint density at radius 1 is 1.26 bits per heavy atom. The maximum atomic E-state index is 13.4. The first-order valence-corrected chi connectivity index (χ1v) is 11.6. The third-order valence-corrected chi connectivity index (χ3v) is 8.26. The Morgan fingerprint density at radius 3 is 2.56 bits per heavy atom. The van der Waals surface area contributed by atoms with Crippen molar-refractivity contribution >= 4 is 33.7 Å². The van der Waals surface area contributed by atoms with Crippen LogP contribution in [0.1, 0.15) is 41.5 Å². The van der Waals surface area contributed by atoms with Crippen LogP contribution in [0.25, 0.3) is 0 Å². The molecule has 1 atom stereocenters. The number of nitrogens with one attached hydrogen (secondary N) is 1. The van der Waals surface area contributed by atoms with E-state index in [-0.39, 0.29) is 29.0 Å². The van der Waals surface area contributed by atoms with Crippen molar-refractivity contribution in [1.82, 2.24) is 14.2 Å². The van der Waals surface area contributed by atoms with E-state index in [1.165, 1.54) is 16.1 Å². The van der Waals surface area contributed by atoms with Gasteiger partial charge in [-0.3, -0.25) is 4.79 Å². The minimum Gasteiger partial charge on any atom is -0.461 e. The molecule has 2 saturated heterocycles. The molecule has 10 heteroatoms. The molecule has 0 aliphatic carbocycles. The molecule has 1 unspecified atom stereocenters. The van der Waals surface area contributed by atoms with Crippen LogP contribution in [0.4, 0.5) is 0 Å². The Kier molecular flexibility index (Phi) is 5.87. The number of amides is 1. The van der Waals surface area contributed by atoms with Crippen LogP contribution in [-0.2, 0) is 19.6 Å². The maximum Gasteiger partial charge on any atom is 0.355 e. The number of rotatable bonds is 5. The Balaban J connectivity index is 1.94. The zero-order valence-corrected chi connectivity index (χ0v) is 17.4. The van der Waals surface area contributed by atoms with Gasteiger partial charge in [0.2, 0.25) is 15.9 Å². The van der Waals surface area contributed by atoms with Crippen LogP contribution in [0.15, 0.2) is 4.90 Å². The number of aromatic nitrogens is 1. The Labute approximate surface area is 163 Å². The summed E-state index contributed by atoms with van der Waals surface area (Å²) in [5, 5.41) is 0. The number of aromatic amines is 1. The van der Waals surface area contributed by atoms with E-state index in [9.17, 15) is 18.0 Å². The first-order chi connectivity index (χ1) is 12.8. The van der Waals surface area contributed by atoms with Crippen LogP contribution in [0.2, 0.25) is 0 Å². The molecule has 27 heavy (non-hydrogen) atoms. The van der Waals surface area contributed by atoms with E-state index in [2.05, 4.69) is 4.98 Å². The van der Waals surface area contributed by atoms with Crippen molar-refractivity contribution in [2.45, 2.75) is 44.6 Å². The Bertz CT molecular complexity index is 843. The van der Waals surface area contributed by atoms with Gasteiger partial charge in [0.25, 0.3) is 0 Å². The summed E-state index contributed by atoms with van der Waals surface area (Å²) in [6.45, 7) is 6.46. The fraction of sp³-hybridized carbons (Fsp3) is 0.647. The van der Waals surface area contributed by atoms with Crippen molar-refractivity contribution in [2.24, 2.45) is 0 Å². The summed E-state index contributed by atoms with van der Waals surface area (Å²) in [4.78, 5) is 29.6. The number of hydrogen-bond acceptors (Lipinski definition) is 6. The lowest BCUT2D eigenvalue weighted by atomic mass is 10.2. The minimum atomic E-state index is -3.93. The molecule has 0 spiro atoms. The van der Waals surface area contributed by atoms with Crippen LogP contribution < -0.4 is 0 Å². The predicted octanol–water partition coefficient (Wildman–Crippen LogP) is 1.49. The molecule has 150 valence electrons. The van der Waals surface area contributed by atoms with Gasteiger partial charge in [0, 0.05) is 30.1 Å². The average molecular weight is 416 g/mol. The fourth-order valence-corrected chi connectivity index (χ4v) is 7.20. The summed E-state index contributed by atoms with van der Waals surface area (Å²) < 4.78 is 33.0. The number of ether oxygens (including phenoxy) is 1. The van der Waals surface area contributed by atoms with E-state index in [1.54, 1.807) is 25.7 Å². The zero-order valence-electron chi connectivity index (χ0n) is 15.8. The van der Waals surface area contributed by atoms with Crippen LogP contribution in [0.3, 0.4) is 0 Å². The molecule has 1 aromatic heterocycles. The van der Waals surface area contributed by atoms with E-state index < -0.39 is 22.0 Å². The largest absolute Gasteiger partial charge is 0.461 e. The van der Waals surface area contributed by atoms with Crippen molar-refractivity contribution in [1.29, 1.82) is 0 Å². The molecule has 1 aromatic rings. The lowest BCUT2D eigenvalue weighted by molar-refractivity contribution is -0.133. The molecule has 0 saturated carbocycles. The number of likely N-dealkylation sites (tertiary alicyclic amines) is 1. The number of hydrogen-bond donors (Lipinski definition) is 1. The second kappa shape index (κ2) is 7.84. The normalized spacial score (nSPS) is 21.0. The summed E-state index contributed by atoms with van der Waals surface area (Å²) in [7, 11) is -3.93. The van der Waals surface area contributed by atoms with Crippen molar-refractivity contribution < 1.29 is 22.7 Å². The highest BCUT2D eigenvalue weighted by Gasteiger charge is 2.44. The van der Waals surface area contributed by atoms with Crippen molar-refractivity contribution in [3.63, 3.8) is 0 Å². The number of carbonyl (C=O) groups is 2. The number of esters is 1. The number of aryl methyl sites for hydroxylation is 1. The highest BCUT2D eigenvalue weighted by molar-refractivity contribution is 8.00. The summed E-state index contributed by atoms with van der Waals surface area (Å²) in [5.74, 6) is -0.0368. The summed E-state index contributed by atoms with van der Waals surface area (Å²) >= 11 is 1.43. The minimum absolute atomic E-state index is 0.0623. The van der Waals surface area contributed by atoms with Crippen molar-refractivity contribution in [3.05, 3.63) is 17.0 Å². The number of carbonyl (C=O) groups excluding carboxylic acids is 2. The molecule has 2 aliphatic rings. The Hall–Kier alpha value is -1.52. The van der Waals surface area contributed by atoms with Gasteiger partial charge < -0.3 is 14.6 Å². The molecule has 2 fully saturated rings. The standard InChI is InChI=1S/C17H25N3O5S2/c1-4-25-17(22)14-11(2)15(12(3)18-14)27(23,24)20-10-26-9-13(20)16(21)19-7-5-6-8-19/h13,18H,4-10H2,1-3H3. The number of sulfonamides is 1. The van der Waals surface area contributed by atoms with E-state index in [4.69, 9.17) is 4.74 Å². The van der Waals surface area contributed by atoms with Gasteiger partial charge >= 0.3 is 5.97 Å². The lowest BCUT2D eigenvalue weighted by Gasteiger charge is -2.26. The molecule has 0 bridgehead atoms. The third kappa shape index (κ3) is 3.62. The van der Waals surface area contributed by atoms with E-state index in [1.807, 2.05) is 0 Å². The molecule has 3 rings (SSSR count). The smallest absolute Gasteiger partial charge is 0.355 e. The predicted molar refractivity (Wildman–Crippen MR) is 102 cm³/mol. The lowest BCUT2D eigenvalue weighted by Crippen LogP contribution is -2.48. The number of H-pyrrole nitrogens is 1. The van der Waals surface area contributed by atoms with Gasteiger partial charge in [-0.15, -0.1) is 11.8 Å². The zero-order chi connectivity index (χ0) is 19.8. The summed E-state index contributed by atoms with van der Waals surface area (Å²) in [6.07, 6.45) is 1.91. The van der Waals surface area contributed by atoms with Crippen LogP contribution >= 0.6 is 11.8 Å². The molecule has 8 nitrogen and oxygen atoms in total. The van der Waals surface area contributed by atoms with Gasteiger partial charge in [0.15, 0.2) is 0 Å².